The van der Waals surface area contributed by atoms with Gasteiger partial charge in [-0.1, -0.05) is 0 Å². The summed E-state index contributed by atoms with van der Waals surface area (Å²) < 4.78 is 26.4. The Morgan fingerprint density at radius 2 is 2.20 bits per heavy atom. The zero-order valence-electron chi connectivity index (χ0n) is 9.13. The molecule has 0 aromatic carbocycles. The van der Waals surface area contributed by atoms with Crippen LogP contribution in [-0.2, 0) is 0 Å². The number of hydrogen-bond donors (Lipinski definition) is 1. The molecule has 2 nitrogen and oxygen atoms in total. The standard InChI is InChI=1S/C11H17F2N2/c1-15(2)9-3-8-14-11(13)6-4-10(12)5-7-11/h4-7,14H,3,8-9H2,1-2H3. The highest BCUT2D eigenvalue weighted by molar-refractivity contribution is 5.29. The monoisotopic (exact) mass is 215 g/mol. The van der Waals surface area contributed by atoms with Crippen molar-refractivity contribution in [2.75, 3.05) is 27.2 Å². The van der Waals surface area contributed by atoms with Crippen LogP contribution in [0.3, 0.4) is 0 Å². The maximum atomic E-state index is 13.8. The Bertz CT molecular complexity index is 261. The quantitative estimate of drug-likeness (QED) is 0.556. The van der Waals surface area contributed by atoms with Crippen LogP contribution >= 0.6 is 0 Å². The summed E-state index contributed by atoms with van der Waals surface area (Å²) in [6.45, 7) is 1.46. The summed E-state index contributed by atoms with van der Waals surface area (Å²) in [5.41, 5.74) is 0. The van der Waals surface area contributed by atoms with E-state index in [2.05, 4.69) is 5.32 Å². The third-order valence-corrected chi connectivity index (χ3v) is 2.15. The highest BCUT2D eigenvalue weighted by atomic mass is 19.1. The number of nitrogens with zero attached hydrogens (tertiary/aromatic N) is 1. The fourth-order valence-electron chi connectivity index (χ4n) is 1.31. The van der Waals surface area contributed by atoms with Gasteiger partial charge in [0.15, 0.2) is 5.79 Å². The maximum Gasteiger partial charge on any atom is 0.187 e. The Kier molecular flexibility index (Phi) is 4.42. The van der Waals surface area contributed by atoms with Gasteiger partial charge in [-0.25, -0.2) is 8.78 Å². The molecule has 1 atom stereocenters. The Morgan fingerprint density at radius 1 is 1.47 bits per heavy atom. The first kappa shape index (κ1) is 12.3. The van der Waals surface area contributed by atoms with Crippen molar-refractivity contribution in [3.63, 3.8) is 0 Å². The van der Waals surface area contributed by atoms with Crippen molar-refractivity contribution >= 4 is 0 Å². The van der Waals surface area contributed by atoms with Crippen LogP contribution in [0.5, 0.6) is 0 Å². The lowest BCUT2D eigenvalue weighted by Gasteiger charge is -2.24. The smallest absolute Gasteiger partial charge is 0.187 e. The molecule has 1 N–H and O–H groups in total. The Morgan fingerprint density at radius 3 is 2.73 bits per heavy atom. The number of alkyl halides is 1. The Balaban J connectivity index is 2.24. The second-order valence-electron chi connectivity index (χ2n) is 3.90. The average molecular weight is 215 g/mol. The van der Waals surface area contributed by atoms with Gasteiger partial charge in [0.2, 0.25) is 0 Å². The first-order valence-corrected chi connectivity index (χ1v) is 5.01. The number of nitrogens with one attached hydrogen (secondary N) is 1. The molecule has 15 heavy (non-hydrogen) atoms. The van der Waals surface area contributed by atoms with Gasteiger partial charge in [0.1, 0.15) is 5.83 Å². The number of hydrogen-bond acceptors (Lipinski definition) is 2. The zero-order valence-corrected chi connectivity index (χ0v) is 9.13. The summed E-state index contributed by atoms with van der Waals surface area (Å²) in [6.07, 6.45) is 5.51. The summed E-state index contributed by atoms with van der Waals surface area (Å²) in [5, 5.41) is 2.73. The van der Waals surface area contributed by atoms with E-state index in [0.717, 1.165) is 25.1 Å². The highest BCUT2D eigenvalue weighted by Crippen LogP contribution is 2.21. The third kappa shape index (κ3) is 4.53. The van der Waals surface area contributed by atoms with Crippen LogP contribution in [0.25, 0.3) is 0 Å². The van der Waals surface area contributed by atoms with E-state index in [1.54, 1.807) is 0 Å². The van der Waals surface area contributed by atoms with E-state index in [0.29, 0.717) is 6.54 Å². The summed E-state index contributed by atoms with van der Waals surface area (Å²) in [7, 11) is 3.94. The first-order valence-electron chi connectivity index (χ1n) is 5.01. The van der Waals surface area contributed by atoms with Crippen LogP contribution in [0.4, 0.5) is 8.78 Å². The largest absolute Gasteiger partial charge is 0.309 e. The van der Waals surface area contributed by atoms with E-state index in [-0.39, 0.29) is 0 Å². The molecule has 1 radical (unpaired) electrons. The maximum absolute atomic E-state index is 13.8. The molecule has 0 amide bonds. The summed E-state index contributed by atoms with van der Waals surface area (Å²) in [4.78, 5) is 2.03. The molecule has 0 spiro atoms. The molecule has 4 heteroatoms. The predicted octanol–water partition coefficient (Wildman–Crippen LogP) is 1.82. The molecule has 0 aromatic rings. The van der Waals surface area contributed by atoms with E-state index in [9.17, 15) is 8.78 Å². The third-order valence-electron chi connectivity index (χ3n) is 2.15. The molecule has 0 saturated heterocycles. The molecule has 0 aromatic heterocycles. The van der Waals surface area contributed by atoms with Crippen LogP contribution in [0.2, 0.25) is 0 Å². The Hall–Kier alpha value is -0.740. The van der Waals surface area contributed by atoms with Gasteiger partial charge in [-0.2, -0.15) is 0 Å². The minimum absolute atomic E-state index is 0.418. The molecule has 0 heterocycles. The van der Waals surface area contributed by atoms with Crippen LogP contribution in [-0.4, -0.2) is 37.9 Å². The van der Waals surface area contributed by atoms with E-state index in [1.807, 2.05) is 19.0 Å². The fourth-order valence-corrected chi connectivity index (χ4v) is 1.31. The van der Waals surface area contributed by atoms with Gasteiger partial charge < -0.3 is 4.90 Å². The van der Waals surface area contributed by atoms with E-state index in [1.165, 1.54) is 12.5 Å². The molecule has 85 valence electrons. The highest BCUT2D eigenvalue weighted by Gasteiger charge is 2.26. The lowest BCUT2D eigenvalue weighted by atomic mass is 10.1. The van der Waals surface area contributed by atoms with Gasteiger partial charge in [0.05, 0.1) is 0 Å². The molecule has 0 fully saturated rings. The van der Waals surface area contributed by atoms with Crippen molar-refractivity contribution in [2.45, 2.75) is 12.2 Å². The van der Waals surface area contributed by atoms with Crippen LogP contribution < -0.4 is 5.32 Å². The molecule has 1 aliphatic carbocycles. The minimum Gasteiger partial charge on any atom is -0.309 e. The van der Waals surface area contributed by atoms with E-state index < -0.39 is 11.6 Å². The van der Waals surface area contributed by atoms with Crippen molar-refractivity contribution in [3.05, 3.63) is 30.5 Å². The molecule has 0 bridgehead atoms. The summed E-state index contributed by atoms with van der Waals surface area (Å²) in [5.74, 6) is -2.11. The molecule has 1 unspecified atom stereocenters. The van der Waals surface area contributed by atoms with E-state index in [4.69, 9.17) is 0 Å². The van der Waals surface area contributed by atoms with Gasteiger partial charge in [0, 0.05) is 6.42 Å². The lowest BCUT2D eigenvalue weighted by molar-refractivity contribution is 0.216. The van der Waals surface area contributed by atoms with Gasteiger partial charge in [-0.15, -0.1) is 0 Å². The average Bonchev–Trinajstić information content (AvgIpc) is 2.18. The summed E-state index contributed by atoms with van der Waals surface area (Å²) in [6, 6.07) is 0. The molecule has 1 aliphatic rings. The van der Waals surface area contributed by atoms with Gasteiger partial charge in [-0.3, -0.25) is 5.32 Å². The van der Waals surface area contributed by atoms with Gasteiger partial charge >= 0.3 is 0 Å². The minimum atomic E-state index is -1.69. The van der Waals surface area contributed by atoms with E-state index >= 15 is 0 Å². The molecular weight excluding hydrogens is 198 g/mol. The second kappa shape index (κ2) is 5.37. The topological polar surface area (TPSA) is 15.3 Å². The van der Waals surface area contributed by atoms with Crippen LogP contribution in [0, 0.1) is 6.42 Å². The Labute approximate surface area is 89.6 Å². The number of rotatable bonds is 5. The van der Waals surface area contributed by atoms with Crippen molar-refractivity contribution in [3.8, 4) is 0 Å². The van der Waals surface area contributed by atoms with Crippen molar-refractivity contribution in [1.29, 1.82) is 0 Å². The number of allylic oxidation sites excluding steroid dienone is 2. The van der Waals surface area contributed by atoms with Crippen molar-refractivity contribution < 1.29 is 8.78 Å². The summed E-state index contributed by atoms with van der Waals surface area (Å²) >= 11 is 0. The lowest BCUT2D eigenvalue weighted by Crippen LogP contribution is -2.41. The van der Waals surface area contributed by atoms with Crippen LogP contribution in [0.1, 0.15) is 6.42 Å². The van der Waals surface area contributed by atoms with Crippen molar-refractivity contribution in [2.24, 2.45) is 0 Å². The molecular formula is C11H17F2N2. The molecule has 0 aliphatic heterocycles. The fraction of sp³-hybridized carbons (Fsp3) is 0.545. The molecule has 0 saturated carbocycles. The first-order chi connectivity index (χ1) is 7.02. The normalized spacial score (nSPS) is 25.8. The second-order valence-corrected chi connectivity index (χ2v) is 3.90. The number of halogens is 2. The molecule has 1 rings (SSSR count). The van der Waals surface area contributed by atoms with Crippen molar-refractivity contribution in [1.82, 2.24) is 10.2 Å². The van der Waals surface area contributed by atoms with Gasteiger partial charge in [-0.05, 0) is 51.8 Å². The van der Waals surface area contributed by atoms with Gasteiger partial charge in [0.25, 0.3) is 0 Å². The predicted molar refractivity (Wildman–Crippen MR) is 57.6 cm³/mol. The SMILES string of the molecule is CN(C)CCCNC1(F)[CH]C=C(F)C=C1. The zero-order chi connectivity index (χ0) is 11.3. The van der Waals surface area contributed by atoms with Crippen LogP contribution in [0.15, 0.2) is 24.1 Å².